The van der Waals surface area contributed by atoms with Gasteiger partial charge in [-0.1, -0.05) is 0 Å². The molecule has 2 rings (SSSR count). The summed E-state index contributed by atoms with van der Waals surface area (Å²) >= 11 is 0. The van der Waals surface area contributed by atoms with Gasteiger partial charge in [-0.3, -0.25) is 9.59 Å². The molecular weight excluding hydrogens is 352 g/mol. The SMILES string of the molecule is O=C(COCC(=O)N/N=C\c1ccc(O)cc1)N/N=C\c1ccc(O)cc1. The second kappa shape index (κ2) is 10.3. The summed E-state index contributed by atoms with van der Waals surface area (Å²) < 4.78 is 4.96. The maximum absolute atomic E-state index is 11.5. The van der Waals surface area contributed by atoms with Crippen molar-refractivity contribution in [3.8, 4) is 11.5 Å². The van der Waals surface area contributed by atoms with E-state index in [0.717, 1.165) is 0 Å². The van der Waals surface area contributed by atoms with Gasteiger partial charge in [0.15, 0.2) is 0 Å². The van der Waals surface area contributed by atoms with Gasteiger partial charge in [0.1, 0.15) is 24.7 Å². The number of phenols is 2. The Morgan fingerprint density at radius 3 is 1.52 bits per heavy atom. The van der Waals surface area contributed by atoms with Gasteiger partial charge in [0.2, 0.25) is 0 Å². The summed E-state index contributed by atoms with van der Waals surface area (Å²) in [6.45, 7) is -0.690. The van der Waals surface area contributed by atoms with Gasteiger partial charge in [0.05, 0.1) is 12.4 Å². The Morgan fingerprint density at radius 2 is 1.15 bits per heavy atom. The zero-order chi connectivity index (χ0) is 19.5. The minimum Gasteiger partial charge on any atom is -0.508 e. The Kier molecular flexibility index (Phi) is 7.49. The molecule has 2 aromatic rings. The highest BCUT2D eigenvalue weighted by atomic mass is 16.5. The van der Waals surface area contributed by atoms with Crippen LogP contribution in [-0.4, -0.2) is 47.7 Å². The third kappa shape index (κ3) is 7.80. The van der Waals surface area contributed by atoms with Gasteiger partial charge in [-0.25, -0.2) is 10.9 Å². The number of phenolic OH excluding ortho intramolecular Hbond substituents is 2. The summed E-state index contributed by atoms with van der Waals surface area (Å²) in [7, 11) is 0. The van der Waals surface area contributed by atoms with Crippen molar-refractivity contribution in [2.24, 2.45) is 10.2 Å². The Morgan fingerprint density at radius 1 is 0.778 bits per heavy atom. The average molecular weight is 370 g/mol. The molecule has 0 radical (unpaired) electrons. The topological polar surface area (TPSA) is 133 Å². The van der Waals surface area contributed by atoms with Crippen molar-refractivity contribution in [1.29, 1.82) is 0 Å². The zero-order valence-electron chi connectivity index (χ0n) is 14.2. The second-order valence-corrected chi connectivity index (χ2v) is 5.26. The molecule has 0 unspecified atom stereocenters. The molecule has 9 heteroatoms. The van der Waals surface area contributed by atoms with Crippen molar-refractivity contribution in [3.63, 3.8) is 0 Å². The van der Waals surface area contributed by atoms with Gasteiger partial charge >= 0.3 is 0 Å². The molecule has 2 aromatic carbocycles. The molecule has 0 aromatic heterocycles. The first kappa shape index (κ1) is 19.6. The molecular formula is C18H18N4O5. The highest BCUT2D eigenvalue weighted by Crippen LogP contribution is 2.08. The lowest BCUT2D eigenvalue weighted by molar-refractivity contribution is -0.130. The molecule has 4 N–H and O–H groups in total. The van der Waals surface area contributed by atoms with Crippen LogP contribution in [0.4, 0.5) is 0 Å². The van der Waals surface area contributed by atoms with Crippen LogP contribution < -0.4 is 10.9 Å². The molecule has 0 atom stereocenters. The summed E-state index contributed by atoms with van der Waals surface area (Å²) in [5.41, 5.74) is 5.89. The molecule has 0 aliphatic heterocycles. The van der Waals surface area contributed by atoms with Crippen molar-refractivity contribution in [2.75, 3.05) is 13.2 Å². The van der Waals surface area contributed by atoms with Gasteiger partial charge < -0.3 is 14.9 Å². The number of nitrogens with zero attached hydrogens (tertiary/aromatic N) is 2. The van der Waals surface area contributed by atoms with Crippen LogP contribution >= 0.6 is 0 Å². The quantitative estimate of drug-likeness (QED) is 0.401. The van der Waals surface area contributed by atoms with Crippen LogP contribution in [0, 0.1) is 0 Å². The van der Waals surface area contributed by atoms with Gasteiger partial charge in [-0.2, -0.15) is 10.2 Å². The Bertz CT molecular complexity index is 747. The first-order valence-corrected chi connectivity index (χ1v) is 7.82. The number of nitrogens with one attached hydrogen (secondary N) is 2. The van der Waals surface area contributed by atoms with E-state index in [4.69, 9.17) is 14.9 Å². The number of hydrogen-bond donors (Lipinski definition) is 4. The molecule has 0 bridgehead atoms. The minimum atomic E-state index is -0.523. The van der Waals surface area contributed by atoms with E-state index in [0.29, 0.717) is 11.1 Å². The van der Waals surface area contributed by atoms with E-state index >= 15 is 0 Å². The first-order valence-electron chi connectivity index (χ1n) is 7.82. The number of aromatic hydroxyl groups is 2. The minimum absolute atomic E-state index is 0.135. The number of hydrogen-bond acceptors (Lipinski definition) is 7. The van der Waals surface area contributed by atoms with E-state index in [1.54, 1.807) is 24.3 Å². The first-order chi connectivity index (χ1) is 13.0. The predicted octanol–water partition coefficient (Wildman–Crippen LogP) is 0.715. The largest absolute Gasteiger partial charge is 0.508 e. The molecule has 2 amide bonds. The normalized spacial score (nSPS) is 11.0. The molecule has 9 nitrogen and oxygen atoms in total. The van der Waals surface area contributed by atoms with E-state index in [-0.39, 0.29) is 24.7 Å². The van der Waals surface area contributed by atoms with E-state index in [1.165, 1.54) is 36.7 Å². The second-order valence-electron chi connectivity index (χ2n) is 5.26. The monoisotopic (exact) mass is 370 g/mol. The maximum atomic E-state index is 11.5. The Labute approximate surface area is 155 Å². The van der Waals surface area contributed by atoms with Crippen molar-refractivity contribution >= 4 is 24.2 Å². The Balaban J connectivity index is 1.61. The van der Waals surface area contributed by atoms with Crippen molar-refractivity contribution < 1.29 is 24.5 Å². The molecule has 27 heavy (non-hydrogen) atoms. The lowest BCUT2D eigenvalue weighted by Gasteiger charge is -2.02. The Hall–Kier alpha value is -3.72. The molecule has 0 spiro atoms. The average Bonchev–Trinajstić information content (AvgIpc) is 2.65. The van der Waals surface area contributed by atoms with Crippen LogP contribution in [0.15, 0.2) is 58.7 Å². The van der Waals surface area contributed by atoms with Crippen LogP contribution in [0.2, 0.25) is 0 Å². The third-order valence-electron chi connectivity index (χ3n) is 3.06. The number of benzene rings is 2. The fourth-order valence-corrected chi connectivity index (χ4v) is 1.78. The van der Waals surface area contributed by atoms with Gasteiger partial charge in [-0.15, -0.1) is 0 Å². The van der Waals surface area contributed by atoms with Gasteiger partial charge in [-0.05, 0) is 59.7 Å². The summed E-state index contributed by atoms with van der Waals surface area (Å²) in [6, 6.07) is 12.5. The zero-order valence-corrected chi connectivity index (χ0v) is 14.2. The van der Waals surface area contributed by atoms with Gasteiger partial charge in [0.25, 0.3) is 11.8 Å². The molecule has 0 saturated heterocycles. The summed E-state index contributed by atoms with van der Waals surface area (Å²) in [5, 5.41) is 25.8. The number of hydrazone groups is 2. The van der Waals surface area contributed by atoms with Crippen molar-refractivity contribution in [1.82, 2.24) is 10.9 Å². The van der Waals surface area contributed by atoms with Crippen LogP contribution in [0.1, 0.15) is 11.1 Å². The number of amides is 2. The number of rotatable bonds is 8. The maximum Gasteiger partial charge on any atom is 0.266 e. The number of carbonyl (C=O) groups excluding carboxylic acids is 2. The van der Waals surface area contributed by atoms with Crippen molar-refractivity contribution in [3.05, 3.63) is 59.7 Å². The molecule has 140 valence electrons. The highest BCUT2D eigenvalue weighted by Gasteiger charge is 2.03. The van der Waals surface area contributed by atoms with Crippen LogP contribution in [0.3, 0.4) is 0 Å². The summed E-state index contributed by atoms with van der Waals surface area (Å²) in [4.78, 5) is 23.0. The van der Waals surface area contributed by atoms with E-state index in [2.05, 4.69) is 21.1 Å². The lowest BCUT2D eigenvalue weighted by atomic mass is 10.2. The van der Waals surface area contributed by atoms with E-state index < -0.39 is 11.8 Å². The standard InChI is InChI=1S/C18H18N4O5/c23-15-5-1-13(2-6-15)9-19-21-17(25)11-27-12-18(26)22-20-10-14-3-7-16(24)8-4-14/h1-10,23-24H,11-12H2,(H,21,25)(H,22,26)/b19-9-,20-10-. The van der Waals surface area contributed by atoms with Gasteiger partial charge in [0, 0.05) is 0 Å². The van der Waals surface area contributed by atoms with Crippen LogP contribution in [0.5, 0.6) is 11.5 Å². The smallest absolute Gasteiger partial charge is 0.266 e. The molecule has 0 aliphatic carbocycles. The fourth-order valence-electron chi connectivity index (χ4n) is 1.78. The number of ether oxygens (including phenoxy) is 1. The van der Waals surface area contributed by atoms with E-state index in [9.17, 15) is 9.59 Å². The number of carbonyl (C=O) groups is 2. The third-order valence-corrected chi connectivity index (χ3v) is 3.06. The van der Waals surface area contributed by atoms with E-state index in [1.807, 2.05) is 0 Å². The van der Waals surface area contributed by atoms with Crippen molar-refractivity contribution in [2.45, 2.75) is 0 Å². The highest BCUT2D eigenvalue weighted by molar-refractivity contribution is 5.84. The summed E-state index contributed by atoms with van der Waals surface area (Å²) in [6.07, 6.45) is 2.81. The predicted molar refractivity (Wildman–Crippen MR) is 98.5 cm³/mol. The molecule has 0 fully saturated rings. The lowest BCUT2D eigenvalue weighted by Crippen LogP contribution is -2.28. The molecule has 0 aliphatic rings. The van der Waals surface area contributed by atoms with Crippen LogP contribution in [-0.2, 0) is 14.3 Å². The molecule has 0 heterocycles. The fraction of sp³-hybridized carbons (Fsp3) is 0.111. The molecule has 0 saturated carbocycles. The van der Waals surface area contributed by atoms with Crippen LogP contribution in [0.25, 0.3) is 0 Å². The summed E-state index contributed by atoms with van der Waals surface area (Å²) in [5.74, 6) is -0.777.